The predicted molar refractivity (Wildman–Crippen MR) is 109 cm³/mol. The van der Waals surface area contributed by atoms with Crippen molar-refractivity contribution < 1.29 is 28.2 Å². The third-order valence-electron chi connectivity index (χ3n) is 5.60. The van der Waals surface area contributed by atoms with E-state index >= 15 is 0 Å². The normalized spacial score (nSPS) is 17.0. The number of rotatable bonds is 5. The molecule has 0 saturated heterocycles. The lowest BCUT2D eigenvalue weighted by Crippen LogP contribution is -2.52. The average molecular weight is 469 g/mol. The number of ether oxygens (including phenoxy) is 1. The van der Waals surface area contributed by atoms with Crippen molar-refractivity contribution in [2.75, 3.05) is 31.9 Å². The van der Waals surface area contributed by atoms with Gasteiger partial charge in [0.05, 0.1) is 12.2 Å². The molecule has 170 valence electrons. The summed E-state index contributed by atoms with van der Waals surface area (Å²) < 4.78 is 34.3. The predicted octanol–water partition coefficient (Wildman–Crippen LogP) is 1.49. The van der Waals surface area contributed by atoms with Gasteiger partial charge in [-0.3, -0.25) is 19.4 Å². The Morgan fingerprint density at radius 2 is 2.06 bits per heavy atom. The zero-order valence-electron chi connectivity index (χ0n) is 17.1. The van der Waals surface area contributed by atoms with Crippen molar-refractivity contribution >= 4 is 23.4 Å². The molecule has 1 aromatic carbocycles. The van der Waals surface area contributed by atoms with Crippen LogP contribution in [0.3, 0.4) is 0 Å². The summed E-state index contributed by atoms with van der Waals surface area (Å²) in [5.74, 6) is -4.30. The van der Waals surface area contributed by atoms with Crippen LogP contribution < -0.4 is 15.8 Å². The molecule has 2 amide bonds. The number of carbonyl (C=O) groups excluding carboxylic acids is 2. The summed E-state index contributed by atoms with van der Waals surface area (Å²) in [4.78, 5) is 40.1. The summed E-state index contributed by atoms with van der Waals surface area (Å²) in [6.07, 6.45) is -0.732. The van der Waals surface area contributed by atoms with Gasteiger partial charge in [0.15, 0.2) is 11.4 Å². The van der Waals surface area contributed by atoms with Crippen molar-refractivity contribution in [3.63, 3.8) is 0 Å². The lowest BCUT2D eigenvalue weighted by Gasteiger charge is -2.36. The number of aromatic hydroxyl groups is 1. The Balaban J connectivity index is 1.77. The van der Waals surface area contributed by atoms with Crippen LogP contribution in [-0.2, 0) is 11.3 Å². The Bertz CT molecular complexity index is 1200. The van der Waals surface area contributed by atoms with Gasteiger partial charge in [-0.15, -0.1) is 0 Å². The van der Waals surface area contributed by atoms with Crippen LogP contribution in [0.2, 0.25) is 5.02 Å². The van der Waals surface area contributed by atoms with Crippen molar-refractivity contribution in [3.05, 3.63) is 61.5 Å². The van der Waals surface area contributed by atoms with Crippen LogP contribution in [0.25, 0.3) is 0 Å². The number of halogens is 3. The van der Waals surface area contributed by atoms with Gasteiger partial charge < -0.3 is 20.1 Å². The van der Waals surface area contributed by atoms with Crippen LogP contribution in [-0.4, -0.2) is 53.4 Å². The molecule has 0 aliphatic carbocycles. The fourth-order valence-electron chi connectivity index (χ4n) is 3.96. The van der Waals surface area contributed by atoms with Gasteiger partial charge in [0.25, 0.3) is 11.8 Å². The lowest BCUT2D eigenvalue weighted by molar-refractivity contribution is 0.0698. The van der Waals surface area contributed by atoms with Gasteiger partial charge in [0.2, 0.25) is 5.43 Å². The molecule has 3 heterocycles. The van der Waals surface area contributed by atoms with Crippen LogP contribution in [0.4, 0.5) is 8.78 Å². The molecule has 1 unspecified atom stereocenters. The van der Waals surface area contributed by atoms with Crippen LogP contribution in [0, 0.1) is 11.6 Å². The number of nitrogens with one attached hydrogen (secondary N) is 1. The maximum atomic E-state index is 14.2. The van der Waals surface area contributed by atoms with E-state index < -0.39 is 57.9 Å². The van der Waals surface area contributed by atoms with Crippen LogP contribution in [0.5, 0.6) is 5.75 Å². The third kappa shape index (κ3) is 3.19. The van der Waals surface area contributed by atoms with Crippen molar-refractivity contribution in [2.45, 2.75) is 19.6 Å². The Kier molecular flexibility index (Phi) is 5.55. The van der Waals surface area contributed by atoms with E-state index in [1.807, 2.05) is 0 Å². The molecule has 0 saturated carbocycles. The molecule has 0 bridgehead atoms. The Morgan fingerprint density at radius 1 is 1.34 bits per heavy atom. The second-order valence-electron chi connectivity index (χ2n) is 7.33. The summed E-state index contributed by atoms with van der Waals surface area (Å²) in [6.45, 7) is 2.13. The summed E-state index contributed by atoms with van der Waals surface area (Å²) in [6, 6.07) is 2.07. The van der Waals surface area contributed by atoms with Gasteiger partial charge in [0, 0.05) is 25.8 Å². The van der Waals surface area contributed by atoms with E-state index in [9.17, 15) is 28.3 Å². The molecule has 2 aromatic rings. The van der Waals surface area contributed by atoms with Gasteiger partial charge in [-0.25, -0.2) is 13.5 Å². The summed E-state index contributed by atoms with van der Waals surface area (Å²) in [5, 5.41) is 13.9. The van der Waals surface area contributed by atoms with Crippen LogP contribution >= 0.6 is 11.6 Å². The number of pyridine rings is 1. The minimum absolute atomic E-state index is 0.0952. The fraction of sp³-hybridized carbons (Fsp3) is 0.350. The van der Waals surface area contributed by atoms with Gasteiger partial charge in [0.1, 0.15) is 35.0 Å². The Morgan fingerprint density at radius 3 is 2.72 bits per heavy atom. The first-order chi connectivity index (χ1) is 15.2. The maximum absolute atomic E-state index is 14.2. The minimum atomic E-state index is -1.04. The molecule has 0 fully saturated rings. The van der Waals surface area contributed by atoms with Gasteiger partial charge in [-0.1, -0.05) is 17.7 Å². The van der Waals surface area contributed by atoms with Crippen molar-refractivity contribution in [1.82, 2.24) is 14.9 Å². The van der Waals surface area contributed by atoms with E-state index in [-0.39, 0.29) is 30.2 Å². The largest absolute Gasteiger partial charge is 0.502 e. The monoisotopic (exact) mass is 468 g/mol. The van der Waals surface area contributed by atoms with E-state index in [0.29, 0.717) is 6.54 Å². The maximum Gasteiger partial charge on any atom is 0.277 e. The molecule has 2 N–H and O–H groups in total. The highest BCUT2D eigenvalue weighted by molar-refractivity contribution is 6.30. The molecule has 32 heavy (non-hydrogen) atoms. The molecule has 9 nitrogen and oxygen atoms in total. The van der Waals surface area contributed by atoms with E-state index in [1.165, 1.54) is 16.7 Å². The van der Waals surface area contributed by atoms with Crippen molar-refractivity contribution in [1.29, 1.82) is 0 Å². The smallest absolute Gasteiger partial charge is 0.277 e. The van der Waals surface area contributed by atoms with Gasteiger partial charge >= 0.3 is 0 Å². The number of amides is 2. The molecular formula is C20H19ClF2N4O5. The molecule has 1 aromatic heterocycles. The molecule has 4 rings (SSSR count). The van der Waals surface area contributed by atoms with E-state index in [4.69, 9.17) is 16.3 Å². The lowest BCUT2D eigenvalue weighted by atomic mass is 10.1. The molecule has 0 radical (unpaired) electrons. The molecular weight excluding hydrogens is 450 g/mol. The van der Waals surface area contributed by atoms with E-state index in [1.54, 1.807) is 11.9 Å². The number of methoxy groups -OCH3 is 1. The second-order valence-corrected chi connectivity index (χ2v) is 7.71. The number of nitrogens with zero attached hydrogens (tertiary/aromatic N) is 3. The van der Waals surface area contributed by atoms with E-state index in [0.717, 1.165) is 12.1 Å². The quantitative estimate of drug-likeness (QED) is 0.644. The highest BCUT2D eigenvalue weighted by Gasteiger charge is 2.44. The molecule has 12 heteroatoms. The standard InChI is InChI=1S/C20H19ClF2N4O5/c1-3-25-8-26-7-11(32-2)15-12(17(28)18(29)16(20(25)31)27(15)26)19(30)24-6-9-4-5-10(22)13(21)14(9)23/h4-5,11,29H,3,6-8H2,1-2H3,(H,24,30). The molecule has 2 aliphatic heterocycles. The fourth-order valence-corrected chi connectivity index (χ4v) is 4.14. The third-order valence-corrected chi connectivity index (χ3v) is 5.95. The Labute approximate surface area is 185 Å². The number of hydrogen-bond acceptors (Lipinski definition) is 6. The van der Waals surface area contributed by atoms with Crippen LogP contribution in [0.1, 0.15) is 45.1 Å². The number of benzene rings is 1. The molecule has 1 atom stereocenters. The van der Waals surface area contributed by atoms with Crippen molar-refractivity contribution in [2.24, 2.45) is 0 Å². The summed E-state index contributed by atoms with van der Waals surface area (Å²) >= 11 is 5.56. The second kappa shape index (κ2) is 8.06. The average Bonchev–Trinajstić information content (AvgIpc) is 3.14. The highest BCUT2D eigenvalue weighted by Crippen LogP contribution is 2.34. The zero-order chi connectivity index (χ0) is 23.3. The first kappa shape index (κ1) is 22.0. The zero-order valence-corrected chi connectivity index (χ0v) is 17.9. The number of aromatic nitrogens is 1. The summed E-state index contributed by atoms with van der Waals surface area (Å²) in [7, 11) is 1.39. The SMILES string of the molecule is CCN1CN2CC(OC)c3c(C(=O)NCc4ccc(F)c(Cl)c4F)c(=O)c(O)c(n32)C1=O. The molecule has 0 spiro atoms. The van der Waals surface area contributed by atoms with Gasteiger partial charge in [-0.2, -0.15) is 0 Å². The highest BCUT2D eigenvalue weighted by atomic mass is 35.5. The molecule has 2 aliphatic rings. The topological polar surface area (TPSA) is 104 Å². The number of hydrogen-bond donors (Lipinski definition) is 2. The first-order valence-corrected chi connectivity index (χ1v) is 10.1. The summed E-state index contributed by atoms with van der Waals surface area (Å²) in [5.41, 5.74) is -1.69. The Hall–Kier alpha value is -3.18. The van der Waals surface area contributed by atoms with Gasteiger partial charge in [-0.05, 0) is 13.0 Å². The minimum Gasteiger partial charge on any atom is -0.502 e. The van der Waals surface area contributed by atoms with E-state index in [2.05, 4.69) is 5.32 Å². The number of carbonyl (C=O) groups is 2. The first-order valence-electron chi connectivity index (χ1n) is 9.70. The van der Waals surface area contributed by atoms with Crippen molar-refractivity contribution in [3.8, 4) is 5.75 Å². The van der Waals surface area contributed by atoms with Crippen LogP contribution in [0.15, 0.2) is 16.9 Å².